The van der Waals surface area contributed by atoms with Crippen molar-refractivity contribution in [3.05, 3.63) is 100 Å². The van der Waals surface area contributed by atoms with Crippen molar-refractivity contribution < 1.29 is 0 Å². The zero-order valence-electron chi connectivity index (χ0n) is 12.3. The normalized spacial score (nSPS) is 10.6. The second-order valence-corrected chi connectivity index (χ2v) is 5.90. The van der Waals surface area contributed by atoms with Crippen LogP contribution >= 0.6 is 11.6 Å². The van der Waals surface area contributed by atoms with Gasteiger partial charge in [0.2, 0.25) is 0 Å². The molecule has 0 radical (unpaired) electrons. The number of rotatable bonds is 4. The number of nitrogen functional groups attached to an aromatic ring is 1. The molecule has 0 aliphatic heterocycles. The quantitative estimate of drug-likeness (QED) is 0.666. The van der Waals surface area contributed by atoms with E-state index in [2.05, 4.69) is 24.3 Å². The van der Waals surface area contributed by atoms with Gasteiger partial charge in [0.1, 0.15) is 0 Å². The molecule has 0 fully saturated rings. The molecule has 110 valence electrons. The first kappa shape index (κ1) is 14.7. The molecule has 22 heavy (non-hydrogen) atoms. The summed E-state index contributed by atoms with van der Waals surface area (Å²) in [7, 11) is 0. The summed E-state index contributed by atoms with van der Waals surface area (Å²) in [5, 5.41) is 0.742. The van der Waals surface area contributed by atoms with Gasteiger partial charge in [-0.3, -0.25) is 0 Å². The van der Waals surface area contributed by atoms with E-state index in [1.54, 1.807) is 0 Å². The minimum absolute atomic E-state index is 0.742. The van der Waals surface area contributed by atoms with Gasteiger partial charge in [0.15, 0.2) is 0 Å². The zero-order valence-corrected chi connectivity index (χ0v) is 13.1. The van der Waals surface area contributed by atoms with Gasteiger partial charge in [-0.05, 0) is 47.2 Å². The Balaban J connectivity index is 1.92. The summed E-state index contributed by atoms with van der Waals surface area (Å²) in [4.78, 5) is 0. The summed E-state index contributed by atoms with van der Waals surface area (Å²) < 4.78 is 0. The number of nitrogens with two attached hydrogens (primary N) is 1. The molecule has 0 amide bonds. The van der Waals surface area contributed by atoms with E-state index in [1.807, 2.05) is 48.5 Å². The lowest BCUT2D eigenvalue weighted by Crippen LogP contribution is -2.02. The van der Waals surface area contributed by atoms with Gasteiger partial charge in [-0.1, -0.05) is 72.3 Å². The molecule has 3 aromatic carbocycles. The standard InChI is InChI=1S/C20H18ClN/c21-19-13-17(11-15-7-3-1-4-8-15)20(22)18(14-19)12-16-9-5-2-6-10-16/h1-10,13-14H,11-12,22H2. The molecule has 1 nitrogen and oxygen atoms in total. The van der Waals surface area contributed by atoms with Crippen LogP contribution in [0.5, 0.6) is 0 Å². The summed E-state index contributed by atoms with van der Waals surface area (Å²) in [5.74, 6) is 0. The van der Waals surface area contributed by atoms with Gasteiger partial charge in [0.25, 0.3) is 0 Å². The number of benzene rings is 3. The van der Waals surface area contributed by atoms with E-state index in [0.29, 0.717) is 0 Å². The highest BCUT2D eigenvalue weighted by atomic mass is 35.5. The third kappa shape index (κ3) is 3.49. The number of hydrogen-bond acceptors (Lipinski definition) is 1. The molecule has 3 rings (SSSR count). The molecule has 0 saturated carbocycles. The highest BCUT2D eigenvalue weighted by Gasteiger charge is 2.09. The van der Waals surface area contributed by atoms with Crippen LogP contribution in [-0.4, -0.2) is 0 Å². The van der Waals surface area contributed by atoms with E-state index in [4.69, 9.17) is 17.3 Å². The van der Waals surface area contributed by atoms with Crippen molar-refractivity contribution in [3.8, 4) is 0 Å². The first-order valence-electron chi connectivity index (χ1n) is 7.37. The van der Waals surface area contributed by atoms with Gasteiger partial charge in [-0.25, -0.2) is 0 Å². The zero-order chi connectivity index (χ0) is 15.4. The van der Waals surface area contributed by atoms with Gasteiger partial charge < -0.3 is 5.73 Å². The Morgan fingerprint density at radius 1 is 0.682 bits per heavy atom. The molecular formula is C20H18ClN. The van der Waals surface area contributed by atoms with Crippen LogP contribution < -0.4 is 5.73 Å². The minimum atomic E-state index is 0.742. The van der Waals surface area contributed by atoms with Crippen molar-refractivity contribution in [2.75, 3.05) is 5.73 Å². The summed E-state index contributed by atoms with van der Waals surface area (Å²) in [6.45, 7) is 0. The molecule has 0 heterocycles. The van der Waals surface area contributed by atoms with E-state index >= 15 is 0 Å². The summed E-state index contributed by atoms with van der Waals surface area (Å²) in [6.07, 6.45) is 1.60. The number of halogens is 1. The predicted molar refractivity (Wildman–Crippen MR) is 94.4 cm³/mol. The Morgan fingerprint density at radius 2 is 1.09 bits per heavy atom. The van der Waals surface area contributed by atoms with E-state index in [9.17, 15) is 0 Å². The first-order chi connectivity index (χ1) is 10.7. The lowest BCUT2D eigenvalue weighted by atomic mass is 9.97. The SMILES string of the molecule is Nc1c(Cc2ccccc2)cc(Cl)cc1Cc1ccccc1. The van der Waals surface area contributed by atoms with Crippen LogP contribution in [0.1, 0.15) is 22.3 Å². The van der Waals surface area contributed by atoms with Crippen LogP contribution in [0.3, 0.4) is 0 Å². The van der Waals surface area contributed by atoms with Crippen LogP contribution in [-0.2, 0) is 12.8 Å². The predicted octanol–water partition coefficient (Wildman–Crippen LogP) is 5.10. The molecule has 0 aliphatic carbocycles. The van der Waals surface area contributed by atoms with Crippen LogP contribution in [0.25, 0.3) is 0 Å². The van der Waals surface area contributed by atoms with Gasteiger partial charge in [0.05, 0.1) is 0 Å². The second-order valence-electron chi connectivity index (χ2n) is 5.46. The molecule has 2 heteroatoms. The Hall–Kier alpha value is -2.25. The summed E-state index contributed by atoms with van der Waals surface area (Å²) in [6, 6.07) is 24.6. The fourth-order valence-electron chi connectivity index (χ4n) is 2.66. The van der Waals surface area contributed by atoms with E-state index in [1.165, 1.54) is 11.1 Å². The molecule has 0 aliphatic rings. The fourth-order valence-corrected chi connectivity index (χ4v) is 2.92. The average Bonchev–Trinajstić information content (AvgIpc) is 2.54. The minimum Gasteiger partial charge on any atom is -0.398 e. The molecule has 0 bridgehead atoms. The first-order valence-corrected chi connectivity index (χ1v) is 7.75. The lowest BCUT2D eigenvalue weighted by molar-refractivity contribution is 1.15. The van der Waals surface area contributed by atoms with Crippen molar-refractivity contribution in [3.63, 3.8) is 0 Å². The van der Waals surface area contributed by atoms with E-state index in [0.717, 1.165) is 34.7 Å². The molecule has 3 aromatic rings. The third-order valence-electron chi connectivity index (χ3n) is 3.79. The molecule has 0 atom stereocenters. The number of anilines is 1. The van der Waals surface area contributed by atoms with Gasteiger partial charge in [0, 0.05) is 10.7 Å². The van der Waals surface area contributed by atoms with E-state index < -0.39 is 0 Å². The summed E-state index contributed by atoms with van der Waals surface area (Å²) in [5.41, 5.74) is 11.9. The van der Waals surface area contributed by atoms with Crippen LogP contribution in [0.4, 0.5) is 5.69 Å². The average molecular weight is 308 g/mol. The molecular weight excluding hydrogens is 290 g/mol. The maximum Gasteiger partial charge on any atom is 0.0413 e. The lowest BCUT2D eigenvalue weighted by Gasteiger charge is -2.13. The Morgan fingerprint density at radius 3 is 1.50 bits per heavy atom. The van der Waals surface area contributed by atoms with Crippen LogP contribution in [0, 0.1) is 0 Å². The van der Waals surface area contributed by atoms with Crippen molar-refractivity contribution >= 4 is 17.3 Å². The number of hydrogen-bond donors (Lipinski definition) is 1. The van der Waals surface area contributed by atoms with Gasteiger partial charge in [-0.15, -0.1) is 0 Å². The Kier molecular flexibility index (Phi) is 4.45. The van der Waals surface area contributed by atoms with Crippen molar-refractivity contribution in [2.45, 2.75) is 12.8 Å². The van der Waals surface area contributed by atoms with E-state index in [-0.39, 0.29) is 0 Å². The van der Waals surface area contributed by atoms with Crippen LogP contribution in [0.15, 0.2) is 72.8 Å². The molecule has 2 N–H and O–H groups in total. The molecule has 0 spiro atoms. The highest BCUT2D eigenvalue weighted by molar-refractivity contribution is 6.30. The molecule has 0 unspecified atom stereocenters. The Labute approximate surface area is 136 Å². The van der Waals surface area contributed by atoms with Crippen molar-refractivity contribution in [1.29, 1.82) is 0 Å². The third-order valence-corrected chi connectivity index (χ3v) is 4.01. The van der Waals surface area contributed by atoms with Crippen molar-refractivity contribution in [1.82, 2.24) is 0 Å². The monoisotopic (exact) mass is 307 g/mol. The smallest absolute Gasteiger partial charge is 0.0413 e. The summed E-state index contributed by atoms with van der Waals surface area (Å²) >= 11 is 6.30. The molecule has 0 saturated heterocycles. The van der Waals surface area contributed by atoms with Crippen LogP contribution in [0.2, 0.25) is 5.02 Å². The second kappa shape index (κ2) is 6.67. The highest BCUT2D eigenvalue weighted by Crippen LogP contribution is 2.27. The van der Waals surface area contributed by atoms with Crippen molar-refractivity contribution in [2.24, 2.45) is 0 Å². The maximum absolute atomic E-state index is 6.39. The Bertz CT molecular complexity index is 689. The largest absolute Gasteiger partial charge is 0.398 e. The molecule has 0 aromatic heterocycles. The maximum atomic E-state index is 6.39. The van der Waals surface area contributed by atoms with Gasteiger partial charge >= 0.3 is 0 Å². The fraction of sp³-hybridized carbons (Fsp3) is 0.100. The van der Waals surface area contributed by atoms with Gasteiger partial charge in [-0.2, -0.15) is 0 Å². The topological polar surface area (TPSA) is 26.0 Å².